The number of thioether (sulfide) groups is 1. The summed E-state index contributed by atoms with van der Waals surface area (Å²) in [7, 11) is 0. The number of halogens is 2. The summed E-state index contributed by atoms with van der Waals surface area (Å²) in [6.07, 6.45) is 0. The van der Waals surface area contributed by atoms with Crippen molar-refractivity contribution in [3.05, 3.63) is 69.9 Å². The number of aromatic nitrogens is 1. The van der Waals surface area contributed by atoms with Crippen LogP contribution in [-0.4, -0.2) is 40.4 Å². The monoisotopic (exact) mass is 448 g/mol. The number of hydrogen-bond acceptors (Lipinski definition) is 5. The molecule has 1 fully saturated rings. The molecule has 4 nitrogen and oxygen atoms in total. The van der Waals surface area contributed by atoms with Gasteiger partial charge in [0, 0.05) is 52.2 Å². The molecule has 1 amide bonds. The van der Waals surface area contributed by atoms with E-state index in [1.807, 2.05) is 30.0 Å². The van der Waals surface area contributed by atoms with Crippen LogP contribution >= 0.6 is 34.7 Å². The van der Waals surface area contributed by atoms with Crippen molar-refractivity contribution in [2.24, 2.45) is 0 Å². The van der Waals surface area contributed by atoms with Crippen LogP contribution in [0.3, 0.4) is 0 Å². The van der Waals surface area contributed by atoms with Crippen molar-refractivity contribution in [1.82, 2.24) is 9.88 Å². The number of rotatable bonds is 5. The Balaban J connectivity index is 1.46. The molecule has 1 aromatic heterocycles. The quantitative estimate of drug-likeness (QED) is 0.526. The van der Waals surface area contributed by atoms with Gasteiger partial charge in [0.1, 0.15) is 28.9 Å². The molecule has 0 bridgehead atoms. The molecule has 0 N–H and O–H groups in total. The lowest BCUT2D eigenvalue weighted by Crippen LogP contribution is -2.38. The van der Waals surface area contributed by atoms with E-state index in [9.17, 15) is 9.18 Å². The van der Waals surface area contributed by atoms with E-state index in [1.54, 1.807) is 28.5 Å². The van der Waals surface area contributed by atoms with Gasteiger partial charge in [0.15, 0.2) is 0 Å². The lowest BCUT2D eigenvalue weighted by molar-refractivity contribution is 0.0767. The zero-order chi connectivity index (χ0) is 20.2. The highest BCUT2D eigenvalue weighted by molar-refractivity contribution is 7.99. The van der Waals surface area contributed by atoms with Crippen LogP contribution in [0, 0.1) is 5.82 Å². The van der Waals surface area contributed by atoms with Crippen molar-refractivity contribution in [3.63, 3.8) is 0 Å². The van der Waals surface area contributed by atoms with Gasteiger partial charge in [-0.25, -0.2) is 9.37 Å². The highest BCUT2D eigenvalue weighted by Crippen LogP contribution is 2.30. The zero-order valence-electron chi connectivity index (χ0n) is 15.4. The van der Waals surface area contributed by atoms with Crippen molar-refractivity contribution >= 4 is 40.6 Å². The van der Waals surface area contributed by atoms with Gasteiger partial charge in [-0.05, 0) is 18.2 Å². The average molecular weight is 449 g/mol. The van der Waals surface area contributed by atoms with Gasteiger partial charge in [0.2, 0.25) is 0 Å². The maximum atomic E-state index is 14.7. The van der Waals surface area contributed by atoms with E-state index in [-0.39, 0.29) is 12.5 Å². The molecule has 1 aliphatic rings. The van der Waals surface area contributed by atoms with Gasteiger partial charge in [-0.15, -0.1) is 11.3 Å². The summed E-state index contributed by atoms with van der Waals surface area (Å²) in [5.41, 5.74) is 1.56. The standard InChI is InChI=1S/C21H18ClFN2O2S2/c22-17-4-2-1-3-14(17)12-27-15-5-6-16(18(23)11-15)20-24-19(13-29-20)21(26)25-7-9-28-10-8-25/h1-6,11,13H,7-10,12H2. The van der Waals surface area contributed by atoms with E-state index in [2.05, 4.69) is 4.98 Å². The summed E-state index contributed by atoms with van der Waals surface area (Å²) in [5.74, 6) is 1.75. The van der Waals surface area contributed by atoms with E-state index in [0.29, 0.717) is 27.0 Å². The van der Waals surface area contributed by atoms with E-state index < -0.39 is 5.82 Å². The molecular weight excluding hydrogens is 431 g/mol. The number of nitrogens with zero attached hydrogens (tertiary/aromatic N) is 2. The lowest BCUT2D eigenvalue weighted by atomic mass is 10.2. The SMILES string of the molecule is O=C(c1csc(-c2ccc(OCc3ccccc3Cl)cc2F)n1)N1CCSCC1. The number of hydrogen-bond donors (Lipinski definition) is 0. The molecular formula is C21H18ClFN2O2S2. The highest BCUT2D eigenvalue weighted by Gasteiger charge is 2.21. The molecule has 8 heteroatoms. The summed E-state index contributed by atoms with van der Waals surface area (Å²) in [4.78, 5) is 18.7. The average Bonchev–Trinajstić information content (AvgIpc) is 3.23. The van der Waals surface area contributed by atoms with Crippen LogP contribution in [0.1, 0.15) is 16.1 Å². The second kappa shape index (κ2) is 9.15. The molecule has 0 atom stereocenters. The summed E-state index contributed by atoms with van der Waals surface area (Å²) < 4.78 is 20.3. The van der Waals surface area contributed by atoms with Crippen LogP contribution in [0.4, 0.5) is 4.39 Å². The Hall–Kier alpha value is -2.09. The molecule has 0 aliphatic carbocycles. The maximum absolute atomic E-state index is 14.7. The number of carbonyl (C=O) groups is 1. The first-order chi connectivity index (χ1) is 14.1. The molecule has 150 valence electrons. The Kier molecular flexibility index (Phi) is 6.37. The Morgan fingerprint density at radius 1 is 1.21 bits per heavy atom. The van der Waals surface area contributed by atoms with E-state index >= 15 is 0 Å². The summed E-state index contributed by atoms with van der Waals surface area (Å²) in [5, 5.41) is 2.78. The van der Waals surface area contributed by atoms with Crippen LogP contribution in [-0.2, 0) is 6.61 Å². The topological polar surface area (TPSA) is 42.4 Å². The minimum Gasteiger partial charge on any atom is -0.489 e. The van der Waals surface area contributed by atoms with Crippen LogP contribution in [0.15, 0.2) is 47.8 Å². The minimum atomic E-state index is -0.440. The predicted molar refractivity (Wildman–Crippen MR) is 117 cm³/mol. The van der Waals surface area contributed by atoms with E-state index in [4.69, 9.17) is 16.3 Å². The third kappa shape index (κ3) is 4.74. The van der Waals surface area contributed by atoms with Gasteiger partial charge in [0.05, 0.1) is 0 Å². The van der Waals surface area contributed by atoms with Gasteiger partial charge in [-0.2, -0.15) is 11.8 Å². The smallest absolute Gasteiger partial charge is 0.273 e. The summed E-state index contributed by atoms with van der Waals surface area (Å²) in [6, 6.07) is 12.0. The minimum absolute atomic E-state index is 0.0899. The molecule has 29 heavy (non-hydrogen) atoms. The van der Waals surface area contributed by atoms with Crippen molar-refractivity contribution in [1.29, 1.82) is 0 Å². The molecule has 0 spiro atoms. The molecule has 0 radical (unpaired) electrons. The van der Waals surface area contributed by atoms with Gasteiger partial charge < -0.3 is 9.64 Å². The van der Waals surface area contributed by atoms with E-state index in [1.165, 1.54) is 17.4 Å². The largest absolute Gasteiger partial charge is 0.489 e. The predicted octanol–water partition coefficient (Wildman–Crippen LogP) is 5.37. The first-order valence-electron chi connectivity index (χ1n) is 9.10. The first kappa shape index (κ1) is 20.2. The Labute approximate surface area is 181 Å². The Morgan fingerprint density at radius 3 is 2.76 bits per heavy atom. The van der Waals surface area contributed by atoms with Gasteiger partial charge >= 0.3 is 0 Å². The van der Waals surface area contributed by atoms with Crippen molar-refractivity contribution in [2.75, 3.05) is 24.6 Å². The molecule has 0 saturated carbocycles. The van der Waals surface area contributed by atoms with Crippen LogP contribution < -0.4 is 4.74 Å². The maximum Gasteiger partial charge on any atom is 0.273 e. The summed E-state index contributed by atoms with van der Waals surface area (Å²) in [6.45, 7) is 1.70. The molecule has 1 aliphatic heterocycles. The fraction of sp³-hybridized carbons (Fsp3) is 0.238. The number of carbonyl (C=O) groups excluding carboxylic acids is 1. The van der Waals surface area contributed by atoms with Crippen molar-refractivity contribution < 1.29 is 13.9 Å². The fourth-order valence-corrected chi connectivity index (χ4v) is 4.87. The van der Waals surface area contributed by atoms with Crippen molar-refractivity contribution in [2.45, 2.75) is 6.61 Å². The third-order valence-corrected chi connectivity index (χ3v) is 6.73. The zero-order valence-corrected chi connectivity index (χ0v) is 17.8. The number of amides is 1. The third-order valence-electron chi connectivity index (χ3n) is 4.54. The summed E-state index contributed by atoms with van der Waals surface area (Å²) >= 11 is 9.22. The first-order valence-corrected chi connectivity index (χ1v) is 11.5. The van der Waals surface area contributed by atoms with Gasteiger partial charge in [-0.3, -0.25) is 4.79 Å². The highest BCUT2D eigenvalue weighted by atomic mass is 35.5. The second-order valence-electron chi connectivity index (χ2n) is 6.46. The van der Waals surface area contributed by atoms with Crippen molar-refractivity contribution in [3.8, 4) is 16.3 Å². The Morgan fingerprint density at radius 2 is 2.00 bits per heavy atom. The number of benzene rings is 2. The van der Waals surface area contributed by atoms with Gasteiger partial charge in [0.25, 0.3) is 5.91 Å². The molecule has 2 heterocycles. The lowest BCUT2D eigenvalue weighted by Gasteiger charge is -2.25. The molecule has 1 saturated heterocycles. The Bertz CT molecular complexity index is 1020. The second-order valence-corrected chi connectivity index (χ2v) is 8.95. The van der Waals surface area contributed by atoms with Gasteiger partial charge in [-0.1, -0.05) is 29.8 Å². The molecule has 3 aromatic rings. The molecule has 0 unspecified atom stereocenters. The fourth-order valence-electron chi connectivity index (χ4n) is 2.96. The molecule has 4 rings (SSSR count). The normalized spacial score (nSPS) is 14.1. The van der Waals surface area contributed by atoms with Crippen LogP contribution in [0.2, 0.25) is 5.02 Å². The molecule has 2 aromatic carbocycles. The van der Waals surface area contributed by atoms with E-state index in [0.717, 1.165) is 30.2 Å². The van der Waals surface area contributed by atoms with Crippen LogP contribution in [0.5, 0.6) is 5.75 Å². The number of thiazole rings is 1. The van der Waals surface area contributed by atoms with Crippen LogP contribution in [0.25, 0.3) is 10.6 Å². The number of ether oxygens (including phenoxy) is 1.